The zero-order valence-electron chi connectivity index (χ0n) is 53.7. The molecule has 6 aromatic carbocycles. The molecule has 0 saturated carbocycles. The van der Waals surface area contributed by atoms with Crippen LogP contribution in [0.1, 0.15) is 78.8 Å². The molecular weight excluding hydrogens is 1450 g/mol. The Morgan fingerprint density at radius 2 is 0.757 bits per heavy atom. The Morgan fingerprint density at radius 3 is 1.13 bits per heavy atom. The first-order valence-electron chi connectivity index (χ1n) is 30.4. The van der Waals surface area contributed by atoms with Gasteiger partial charge < -0.3 is 47.4 Å². The van der Waals surface area contributed by atoms with Gasteiger partial charge in [0.1, 0.15) is 58.2 Å². The van der Waals surface area contributed by atoms with E-state index in [1.807, 2.05) is 0 Å². The second-order valence-electron chi connectivity index (χ2n) is 22.3. The van der Waals surface area contributed by atoms with Crippen molar-refractivity contribution < 1.29 is 63.2 Å². The van der Waals surface area contributed by atoms with Crippen LogP contribution in [0.5, 0.6) is 0 Å². The second-order valence-corrected chi connectivity index (χ2v) is 28.2. The number of rotatable bonds is 15. The van der Waals surface area contributed by atoms with Crippen LogP contribution in [0.25, 0.3) is 0 Å². The molecule has 0 unspecified atom stereocenters. The molecule has 2 fully saturated rings. The quantitative estimate of drug-likeness (QED) is 0.0262. The van der Waals surface area contributed by atoms with Crippen molar-refractivity contribution >= 4 is 142 Å². The lowest BCUT2D eigenvalue weighted by Gasteiger charge is -2.29. The lowest BCUT2D eigenvalue weighted by molar-refractivity contribution is 0.100. The summed E-state index contributed by atoms with van der Waals surface area (Å²) in [5.41, 5.74) is 6.60. The first-order valence-corrected chi connectivity index (χ1v) is 35.2. The molecule has 2 aliphatic heterocycles. The van der Waals surface area contributed by atoms with E-state index >= 15 is 0 Å². The van der Waals surface area contributed by atoms with Gasteiger partial charge in [-0.1, -0.05) is 71.2 Å². The summed E-state index contributed by atoms with van der Waals surface area (Å²) in [7, 11) is -4.70. The molecule has 0 bridgehead atoms. The van der Waals surface area contributed by atoms with Crippen LogP contribution in [0.15, 0.2) is 181 Å². The minimum absolute atomic E-state index is 0.0198. The number of carbonyl (C=O) groups excluding carboxylic acids is 6. The molecule has 0 atom stereocenters. The Balaban J connectivity index is 0.000000181. The molecular formula is C69H58Cl3F4N15O10S2. The number of nitrogens with two attached hydrogens (primary N) is 1. The molecule has 10 N–H and O–H groups in total. The van der Waals surface area contributed by atoms with E-state index < -0.39 is 78.4 Å². The number of aromatic nitrogens is 3. The van der Waals surface area contributed by atoms with Crippen LogP contribution in [0, 0.1) is 34.1 Å². The molecule has 2 aliphatic rings. The maximum Gasteiger partial charge on any atom is 0.259 e. The third kappa shape index (κ3) is 20.6. The first-order chi connectivity index (χ1) is 49.0. The number of nitrogens with zero attached hydrogens (tertiary/aromatic N) is 6. The fourth-order valence-corrected chi connectivity index (χ4v) is 12.5. The predicted octanol–water partition coefficient (Wildman–Crippen LogP) is 10.7. The van der Waals surface area contributed by atoms with Crippen LogP contribution < -0.4 is 37.6 Å². The zero-order valence-corrected chi connectivity index (χ0v) is 57.6. The zero-order chi connectivity index (χ0) is 74.3. The number of amides is 6. The van der Waals surface area contributed by atoms with E-state index in [0.717, 1.165) is 36.4 Å². The van der Waals surface area contributed by atoms with Gasteiger partial charge in [-0.2, -0.15) is 0 Å². The summed E-state index contributed by atoms with van der Waals surface area (Å²) in [4.78, 5) is 95.2. The summed E-state index contributed by atoms with van der Waals surface area (Å²) >= 11 is 17.4. The number of benzene rings is 6. The SMILES string of the molecule is CN=C(N)c1ccc(C(=O)Nc2ccc(F)cc2C(=O)Nc2ccc(Cl)cn2)cc1.N=C(c1ccc(C(=O)Nc2ccc(F)cc2C(=O)Nc2ccc(Cl)cn2)c(F)c1)N1CCS(=O)(=O)CC1.N=C(c1ccc(C(=O)Nc2ccccc2C(=O)Nc2ccc(Cl)cn2)c(F)c1)N1CCS(=O)(=O)CC1. The van der Waals surface area contributed by atoms with Crippen LogP contribution >= 0.6 is 34.8 Å². The van der Waals surface area contributed by atoms with E-state index in [0.29, 0.717) is 32.0 Å². The van der Waals surface area contributed by atoms with Gasteiger partial charge in [0.05, 0.1) is 83.0 Å². The molecule has 3 aromatic heterocycles. The Morgan fingerprint density at radius 1 is 0.417 bits per heavy atom. The third-order valence-electron chi connectivity index (χ3n) is 15.3. The van der Waals surface area contributed by atoms with Crippen molar-refractivity contribution in [2.75, 3.05) is 88.1 Å². The highest BCUT2D eigenvalue weighted by molar-refractivity contribution is 7.91. The van der Waals surface area contributed by atoms with Crippen molar-refractivity contribution in [1.29, 1.82) is 10.8 Å². The molecule has 0 aliphatic carbocycles. The monoisotopic (exact) mass is 1500 g/mol. The van der Waals surface area contributed by atoms with Crippen molar-refractivity contribution in [2.45, 2.75) is 0 Å². The van der Waals surface area contributed by atoms with E-state index in [1.54, 1.807) is 60.5 Å². The van der Waals surface area contributed by atoms with Crippen molar-refractivity contribution in [3.63, 3.8) is 0 Å². The van der Waals surface area contributed by atoms with Gasteiger partial charge in [0.2, 0.25) is 0 Å². The number of sulfone groups is 2. The maximum atomic E-state index is 14.9. The van der Waals surface area contributed by atoms with E-state index in [1.165, 1.54) is 96.3 Å². The molecule has 34 heteroatoms. The second kappa shape index (κ2) is 33.8. The Labute approximate surface area is 600 Å². The van der Waals surface area contributed by atoms with Crippen molar-refractivity contribution in [1.82, 2.24) is 24.8 Å². The number of amidine groups is 3. The number of halogens is 7. The van der Waals surface area contributed by atoms with Gasteiger partial charge in [0, 0.05) is 74.1 Å². The van der Waals surface area contributed by atoms with Crippen molar-refractivity contribution in [3.8, 4) is 0 Å². The van der Waals surface area contributed by atoms with Gasteiger partial charge in [-0.3, -0.25) is 44.6 Å². The average molecular weight is 1500 g/mol. The Kier molecular flexibility index (Phi) is 24.8. The highest BCUT2D eigenvalue weighted by Gasteiger charge is 2.28. The lowest BCUT2D eigenvalue weighted by Crippen LogP contribution is -2.43. The van der Waals surface area contributed by atoms with E-state index in [9.17, 15) is 63.2 Å². The molecule has 0 spiro atoms. The molecule has 530 valence electrons. The molecule has 2 saturated heterocycles. The molecule has 9 aromatic rings. The standard InChI is InChI=1S/C24H20ClF2N5O4S.C24H21ClFN5O4S.C21H17ClFN5O2/c25-15-2-6-21(29-13-15)31-24(34)18-12-16(26)3-5-20(18)30-23(33)17-4-1-14(11-19(17)27)22(28)32-7-9-37(35,36)10-8-32;25-16-6-8-21(28-14-16)30-24(33)18-3-1-2-4-20(18)29-23(32)17-7-5-15(13-19(17)26)22(27)31-9-11-36(34,35)12-10-31;1-25-19(24)12-2-4-13(5-3-12)20(29)27-17-8-7-15(23)10-16(17)21(30)28-18-9-6-14(22)11-26-18/h1-6,11-13,28H,7-10H2,(H,30,33)(H,29,31,34);1-8,13-14,27H,9-12H2,(H,29,32)(H,28,30,33);2-11H,1H3,(H2,24,25)(H,27,29)(H,26,28,30). The van der Waals surface area contributed by atoms with Gasteiger partial charge in [-0.15, -0.1) is 0 Å². The summed E-state index contributed by atoms with van der Waals surface area (Å²) in [6.07, 6.45) is 4.06. The van der Waals surface area contributed by atoms with Crippen LogP contribution in [0.3, 0.4) is 0 Å². The fourth-order valence-electron chi connectivity index (χ4n) is 9.74. The fraction of sp³-hybridized carbons (Fsp3) is 0.130. The van der Waals surface area contributed by atoms with Crippen LogP contribution in [-0.4, -0.2) is 151 Å². The number of hydrogen-bond acceptors (Lipinski definition) is 16. The molecule has 25 nitrogen and oxygen atoms in total. The number of nitrogens with one attached hydrogen (secondary N) is 8. The minimum atomic E-state index is -3.15. The molecule has 0 radical (unpaired) electrons. The molecule has 103 heavy (non-hydrogen) atoms. The third-order valence-corrected chi connectivity index (χ3v) is 19.1. The topological polar surface area (TPSA) is 374 Å². The van der Waals surface area contributed by atoms with Crippen molar-refractivity contribution in [3.05, 3.63) is 265 Å². The number of carbonyl (C=O) groups is 6. The van der Waals surface area contributed by atoms with Crippen LogP contribution in [-0.2, 0) is 19.7 Å². The maximum absolute atomic E-state index is 14.9. The summed E-state index contributed by atoms with van der Waals surface area (Å²) in [5.74, 6) is -6.65. The first kappa shape index (κ1) is 75.7. The largest absolute Gasteiger partial charge is 0.384 e. The number of para-hydroxylation sites is 1. The summed E-state index contributed by atoms with van der Waals surface area (Å²) in [6, 6.07) is 35.7. The predicted molar refractivity (Wildman–Crippen MR) is 385 cm³/mol. The smallest absolute Gasteiger partial charge is 0.259 e. The lowest BCUT2D eigenvalue weighted by atomic mass is 10.1. The Bertz CT molecular complexity index is 5030. The van der Waals surface area contributed by atoms with E-state index in [4.69, 9.17) is 51.4 Å². The molecule has 5 heterocycles. The van der Waals surface area contributed by atoms with Gasteiger partial charge in [0.25, 0.3) is 35.4 Å². The van der Waals surface area contributed by atoms with Crippen molar-refractivity contribution in [2.24, 2.45) is 10.7 Å². The minimum Gasteiger partial charge on any atom is -0.384 e. The number of aliphatic imine (C=N–C) groups is 1. The van der Waals surface area contributed by atoms with Gasteiger partial charge in [0.15, 0.2) is 19.7 Å². The molecule has 6 amide bonds. The van der Waals surface area contributed by atoms with E-state index in [2.05, 4.69) is 51.8 Å². The summed E-state index contributed by atoms with van der Waals surface area (Å²) in [5, 5.41) is 32.9. The van der Waals surface area contributed by atoms with Crippen LogP contribution in [0.4, 0.5) is 52.1 Å². The van der Waals surface area contributed by atoms with Gasteiger partial charge in [-0.25, -0.2) is 49.3 Å². The summed E-state index contributed by atoms with van der Waals surface area (Å²) < 4.78 is 104. The number of pyridine rings is 3. The average Bonchev–Trinajstić information content (AvgIpc) is 0.820. The van der Waals surface area contributed by atoms with E-state index in [-0.39, 0.29) is 134 Å². The normalized spacial score (nSPS) is 13.6. The highest BCUT2D eigenvalue weighted by Crippen LogP contribution is 2.26. The molecule has 11 rings (SSSR count). The van der Waals surface area contributed by atoms with Gasteiger partial charge >= 0.3 is 0 Å². The summed E-state index contributed by atoms with van der Waals surface area (Å²) in [6.45, 7) is 0.531. The number of anilines is 6. The van der Waals surface area contributed by atoms with Crippen LogP contribution in [0.2, 0.25) is 15.1 Å². The Hall–Kier alpha value is -11.5. The number of hydrogen-bond donors (Lipinski definition) is 9. The van der Waals surface area contributed by atoms with Gasteiger partial charge in [-0.05, 0) is 121 Å². The highest BCUT2D eigenvalue weighted by atomic mass is 35.5.